The molecule has 2 nitrogen and oxygen atoms in total. The number of rotatable bonds is 2. The van der Waals surface area contributed by atoms with Gasteiger partial charge in [0.15, 0.2) is 11.5 Å². The van der Waals surface area contributed by atoms with Gasteiger partial charge in [-0.25, -0.2) is 0 Å². The second kappa shape index (κ2) is 4.05. The van der Waals surface area contributed by atoms with Crippen LogP contribution in [0.4, 0.5) is 0 Å². The molecule has 4 heteroatoms. The first-order valence-electron chi connectivity index (χ1n) is 3.49. The Morgan fingerprint density at radius 3 is 2.83 bits per heavy atom. The van der Waals surface area contributed by atoms with Crippen molar-refractivity contribution in [2.45, 2.75) is 11.8 Å². The first-order chi connectivity index (χ1) is 5.65. The average Bonchev–Trinajstić information content (AvgIpc) is 2.00. The molecule has 0 saturated heterocycles. The number of hydrogen-bond donors (Lipinski definition) is 2. The molecular formula is C8H9BrO2S. The van der Waals surface area contributed by atoms with Crippen LogP contribution in [-0.4, -0.2) is 11.7 Å². The number of halogens is 1. The quantitative estimate of drug-likeness (QED) is 0.789. The van der Waals surface area contributed by atoms with Crippen molar-refractivity contribution in [3.63, 3.8) is 0 Å². The fourth-order valence-electron chi connectivity index (χ4n) is 0.826. The number of hydrogen-bond acceptors (Lipinski definition) is 3. The molecule has 0 fully saturated rings. The highest BCUT2D eigenvalue weighted by Gasteiger charge is 2.06. The molecule has 0 bridgehead atoms. The summed E-state index contributed by atoms with van der Waals surface area (Å²) in [5.41, 5.74) is 0. The first kappa shape index (κ1) is 9.74. The van der Waals surface area contributed by atoms with E-state index in [2.05, 4.69) is 28.6 Å². The minimum atomic E-state index is 0.120. The van der Waals surface area contributed by atoms with Gasteiger partial charge in [0.25, 0.3) is 0 Å². The van der Waals surface area contributed by atoms with Gasteiger partial charge >= 0.3 is 0 Å². The van der Waals surface area contributed by atoms with Crippen LogP contribution >= 0.6 is 28.6 Å². The summed E-state index contributed by atoms with van der Waals surface area (Å²) < 4.78 is 5.77. The van der Waals surface area contributed by atoms with E-state index in [-0.39, 0.29) is 5.75 Å². The molecule has 1 N–H and O–H groups in total. The van der Waals surface area contributed by atoms with Crippen LogP contribution in [0.1, 0.15) is 6.92 Å². The molecule has 0 aliphatic carbocycles. The first-order valence-corrected chi connectivity index (χ1v) is 4.73. The number of thiol groups is 1. The molecular weight excluding hydrogens is 240 g/mol. The fourth-order valence-corrected chi connectivity index (χ4v) is 1.69. The lowest BCUT2D eigenvalue weighted by Crippen LogP contribution is -1.92. The lowest BCUT2D eigenvalue weighted by molar-refractivity contribution is 0.316. The number of ether oxygens (including phenoxy) is 1. The molecule has 66 valence electrons. The van der Waals surface area contributed by atoms with Crippen LogP contribution in [0.15, 0.2) is 21.5 Å². The molecule has 0 spiro atoms. The van der Waals surface area contributed by atoms with Gasteiger partial charge in [-0.2, -0.15) is 0 Å². The second-order valence-corrected chi connectivity index (χ2v) is 3.58. The minimum absolute atomic E-state index is 0.120. The van der Waals surface area contributed by atoms with Gasteiger partial charge in [0.05, 0.1) is 11.1 Å². The van der Waals surface area contributed by atoms with Gasteiger partial charge < -0.3 is 9.84 Å². The van der Waals surface area contributed by atoms with Gasteiger partial charge in [-0.15, -0.1) is 12.6 Å². The molecule has 0 heterocycles. The number of phenols is 1. The van der Waals surface area contributed by atoms with E-state index >= 15 is 0 Å². The maximum absolute atomic E-state index is 9.45. The molecule has 0 radical (unpaired) electrons. The van der Waals surface area contributed by atoms with Crippen molar-refractivity contribution in [2.24, 2.45) is 0 Å². The zero-order valence-electron chi connectivity index (χ0n) is 6.54. The summed E-state index contributed by atoms with van der Waals surface area (Å²) in [5, 5.41) is 9.45. The standard InChI is InChI=1S/C8H9BrO2S/c1-2-11-7-4-5(12)3-6(9)8(7)10/h3-4,10,12H,2H2,1H3. The Bertz CT molecular complexity index is 289. The molecule has 0 aromatic heterocycles. The molecule has 0 atom stereocenters. The topological polar surface area (TPSA) is 29.5 Å². The van der Waals surface area contributed by atoms with Crippen molar-refractivity contribution in [1.29, 1.82) is 0 Å². The van der Waals surface area contributed by atoms with Crippen molar-refractivity contribution in [3.05, 3.63) is 16.6 Å². The summed E-state index contributed by atoms with van der Waals surface area (Å²) in [6.07, 6.45) is 0. The van der Waals surface area contributed by atoms with E-state index in [1.54, 1.807) is 12.1 Å². The highest BCUT2D eigenvalue weighted by Crippen LogP contribution is 2.36. The Labute approximate surface area is 85.1 Å². The van der Waals surface area contributed by atoms with Crippen LogP contribution in [0.25, 0.3) is 0 Å². The van der Waals surface area contributed by atoms with Gasteiger partial charge in [-0.1, -0.05) is 0 Å². The predicted molar refractivity (Wildman–Crippen MR) is 54.2 cm³/mol. The highest BCUT2D eigenvalue weighted by molar-refractivity contribution is 9.10. The summed E-state index contributed by atoms with van der Waals surface area (Å²) in [6.45, 7) is 2.38. The molecule has 0 aliphatic rings. The highest BCUT2D eigenvalue weighted by atomic mass is 79.9. The zero-order valence-corrected chi connectivity index (χ0v) is 9.02. The predicted octanol–water partition coefficient (Wildman–Crippen LogP) is 2.84. The fraction of sp³-hybridized carbons (Fsp3) is 0.250. The third-order valence-corrected chi connectivity index (χ3v) is 2.18. The Hall–Kier alpha value is -0.350. The molecule has 0 amide bonds. The van der Waals surface area contributed by atoms with E-state index in [4.69, 9.17) is 4.74 Å². The molecule has 0 aliphatic heterocycles. The van der Waals surface area contributed by atoms with Crippen LogP contribution in [0.5, 0.6) is 11.5 Å². The van der Waals surface area contributed by atoms with Crippen LogP contribution < -0.4 is 4.74 Å². The Kier molecular flexibility index (Phi) is 3.29. The van der Waals surface area contributed by atoms with Crippen LogP contribution in [0.2, 0.25) is 0 Å². The van der Waals surface area contributed by atoms with Crippen molar-refractivity contribution in [1.82, 2.24) is 0 Å². The maximum Gasteiger partial charge on any atom is 0.172 e. The zero-order chi connectivity index (χ0) is 9.14. The van der Waals surface area contributed by atoms with Gasteiger partial charge in [0, 0.05) is 4.90 Å². The number of aromatic hydroxyl groups is 1. The summed E-state index contributed by atoms with van der Waals surface area (Å²) in [7, 11) is 0. The molecule has 1 aromatic carbocycles. The molecule has 1 aromatic rings. The van der Waals surface area contributed by atoms with E-state index < -0.39 is 0 Å². The maximum atomic E-state index is 9.45. The van der Waals surface area contributed by atoms with Crippen LogP contribution in [0, 0.1) is 0 Å². The lowest BCUT2D eigenvalue weighted by Gasteiger charge is -2.07. The smallest absolute Gasteiger partial charge is 0.172 e. The summed E-state index contributed by atoms with van der Waals surface area (Å²) in [5.74, 6) is 0.575. The third kappa shape index (κ3) is 2.08. The lowest BCUT2D eigenvalue weighted by atomic mass is 10.3. The van der Waals surface area contributed by atoms with Crippen molar-refractivity contribution < 1.29 is 9.84 Å². The average molecular weight is 249 g/mol. The van der Waals surface area contributed by atoms with E-state index in [1.165, 1.54) is 0 Å². The van der Waals surface area contributed by atoms with Crippen molar-refractivity contribution in [3.8, 4) is 11.5 Å². The van der Waals surface area contributed by atoms with Crippen molar-refractivity contribution >= 4 is 28.6 Å². The molecule has 12 heavy (non-hydrogen) atoms. The van der Waals surface area contributed by atoms with E-state index in [1.807, 2.05) is 6.92 Å². The number of phenolic OH excluding ortho intramolecular Hbond substituents is 1. The normalized spacial score (nSPS) is 9.92. The molecule has 1 rings (SSSR count). The molecule has 0 unspecified atom stereocenters. The number of benzene rings is 1. The van der Waals surface area contributed by atoms with Crippen LogP contribution in [-0.2, 0) is 0 Å². The van der Waals surface area contributed by atoms with E-state index in [9.17, 15) is 5.11 Å². The monoisotopic (exact) mass is 248 g/mol. The minimum Gasteiger partial charge on any atom is -0.503 e. The second-order valence-electron chi connectivity index (χ2n) is 2.21. The van der Waals surface area contributed by atoms with E-state index in [0.717, 1.165) is 4.90 Å². The Morgan fingerprint density at radius 2 is 2.25 bits per heavy atom. The third-order valence-electron chi connectivity index (χ3n) is 1.31. The molecule has 0 saturated carbocycles. The van der Waals surface area contributed by atoms with Crippen molar-refractivity contribution in [2.75, 3.05) is 6.61 Å². The summed E-state index contributed by atoms with van der Waals surface area (Å²) >= 11 is 7.33. The Morgan fingerprint density at radius 1 is 1.58 bits per heavy atom. The summed E-state index contributed by atoms with van der Waals surface area (Å²) in [6, 6.07) is 3.38. The summed E-state index contributed by atoms with van der Waals surface area (Å²) in [4.78, 5) is 0.753. The van der Waals surface area contributed by atoms with Gasteiger partial charge in [0.1, 0.15) is 0 Å². The largest absolute Gasteiger partial charge is 0.503 e. The van der Waals surface area contributed by atoms with Gasteiger partial charge in [-0.05, 0) is 35.0 Å². The Balaban J connectivity index is 3.09. The van der Waals surface area contributed by atoms with Crippen LogP contribution in [0.3, 0.4) is 0 Å². The van der Waals surface area contributed by atoms with E-state index in [0.29, 0.717) is 16.8 Å². The van der Waals surface area contributed by atoms with Gasteiger partial charge in [0.2, 0.25) is 0 Å². The SMILES string of the molecule is CCOc1cc(S)cc(Br)c1O. The van der Waals surface area contributed by atoms with Gasteiger partial charge in [-0.3, -0.25) is 0 Å².